The smallest absolute Gasteiger partial charge is 0.319 e. The third kappa shape index (κ3) is 15.3. The summed E-state index contributed by atoms with van der Waals surface area (Å²) < 4.78 is 145. The molecule has 18 nitrogen and oxygen atoms in total. The van der Waals surface area contributed by atoms with Crippen molar-refractivity contribution in [1.82, 2.24) is 0 Å². The van der Waals surface area contributed by atoms with E-state index in [4.69, 9.17) is 30.9 Å². The lowest BCUT2D eigenvalue weighted by Crippen LogP contribution is -2.46. The SMILES string of the molecule is Cc1ccc(S(=O)(=O)OCC(C)(COS(=O)(=O)c2ccc(C)cc2)C(=O)OCC(C)(COC(=O)C(C)(COS(=O)(=O)c2ccc(C)cc2)COS(=O)(=O)c2ccc(C)cc2)C(=O)OCc2ccccc2)cc1. The van der Waals surface area contributed by atoms with Crippen LogP contribution in [0.1, 0.15) is 48.6 Å². The summed E-state index contributed by atoms with van der Waals surface area (Å²) in [5.41, 5.74) is -3.18. The van der Waals surface area contributed by atoms with Gasteiger partial charge in [-0.3, -0.25) is 31.1 Å². The highest BCUT2D eigenvalue weighted by molar-refractivity contribution is 7.87. The van der Waals surface area contributed by atoms with E-state index < -0.39 is 114 Å². The molecule has 0 N–H and O–H groups in total. The average molecular weight is 1070 g/mol. The van der Waals surface area contributed by atoms with Crippen LogP contribution in [0.25, 0.3) is 0 Å². The average Bonchev–Trinajstić information content (AvgIpc) is 3.35. The van der Waals surface area contributed by atoms with E-state index in [9.17, 15) is 48.1 Å². The molecule has 22 heteroatoms. The van der Waals surface area contributed by atoms with Crippen LogP contribution in [-0.2, 0) is 92.4 Å². The minimum atomic E-state index is -4.58. The number of aryl methyl sites for hydroxylation is 4. The maximum Gasteiger partial charge on any atom is 0.319 e. The molecule has 0 amide bonds. The van der Waals surface area contributed by atoms with Crippen LogP contribution in [0.3, 0.4) is 0 Å². The molecule has 388 valence electrons. The van der Waals surface area contributed by atoms with Crippen molar-refractivity contribution in [3.63, 3.8) is 0 Å². The zero-order valence-corrected chi connectivity index (χ0v) is 43.8. The topological polar surface area (TPSA) is 252 Å². The van der Waals surface area contributed by atoms with Crippen LogP contribution < -0.4 is 0 Å². The number of carbonyl (C=O) groups excluding carboxylic acids is 3. The maximum absolute atomic E-state index is 14.3. The Morgan fingerprint density at radius 1 is 0.347 bits per heavy atom. The quantitative estimate of drug-likeness (QED) is 0.0335. The van der Waals surface area contributed by atoms with Gasteiger partial charge >= 0.3 is 17.9 Å². The summed E-state index contributed by atoms with van der Waals surface area (Å²) >= 11 is 0. The Kier molecular flexibility index (Phi) is 18.5. The van der Waals surface area contributed by atoms with Gasteiger partial charge in [0.05, 0.1) is 46.0 Å². The Morgan fingerprint density at radius 2 is 0.583 bits per heavy atom. The fourth-order valence-electron chi connectivity index (χ4n) is 6.10. The van der Waals surface area contributed by atoms with E-state index in [0.717, 1.165) is 36.1 Å². The summed E-state index contributed by atoms with van der Waals surface area (Å²) in [6.45, 7) is 3.87. The van der Waals surface area contributed by atoms with Crippen molar-refractivity contribution in [1.29, 1.82) is 0 Å². The van der Waals surface area contributed by atoms with Crippen molar-refractivity contribution in [3.8, 4) is 0 Å². The van der Waals surface area contributed by atoms with Crippen LogP contribution in [0, 0.1) is 43.9 Å². The van der Waals surface area contributed by atoms with E-state index in [1.165, 1.54) is 104 Å². The molecular formula is C50H56O18S4. The van der Waals surface area contributed by atoms with Crippen LogP contribution in [-0.4, -0.2) is 91.2 Å². The summed E-state index contributed by atoms with van der Waals surface area (Å²) in [7, 11) is -18.3. The first-order chi connectivity index (χ1) is 33.6. The van der Waals surface area contributed by atoms with Crippen molar-refractivity contribution < 1.29 is 79.0 Å². The largest absolute Gasteiger partial charge is 0.464 e. The zero-order chi connectivity index (χ0) is 53.2. The first-order valence-corrected chi connectivity index (χ1v) is 27.6. The highest BCUT2D eigenvalue weighted by Gasteiger charge is 2.46. The minimum Gasteiger partial charge on any atom is -0.464 e. The molecule has 0 fully saturated rings. The molecule has 0 aliphatic heterocycles. The molecule has 0 radical (unpaired) electrons. The molecule has 72 heavy (non-hydrogen) atoms. The molecule has 0 spiro atoms. The summed E-state index contributed by atoms with van der Waals surface area (Å²) in [5.74, 6) is -3.77. The Bertz CT molecular complexity index is 2800. The normalized spacial score (nSPS) is 12.8. The van der Waals surface area contributed by atoms with Gasteiger partial charge in [0, 0.05) is 0 Å². The highest BCUT2D eigenvalue weighted by atomic mass is 32.2. The molecule has 0 bridgehead atoms. The van der Waals surface area contributed by atoms with Crippen molar-refractivity contribution in [2.45, 2.75) is 74.7 Å². The number of ether oxygens (including phenoxy) is 3. The lowest BCUT2D eigenvalue weighted by atomic mass is 9.90. The first-order valence-electron chi connectivity index (χ1n) is 22.0. The lowest BCUT2D eigenvalue weighted by Gasteiger charge is -2.32. The van der Waals surface area contributed by atoms with Gasteiger partial charge in [-0.15, -0.1) is 0 Å². The second-order valence-corrected chi connectivity index (χ2v) is 24.5. The van der Waals surface area contributed by atoms with Gasteiger partial charge in [0.25, 0.3) is 40.5 Å². The molecule has 0 aliphatic rings. The fraction of sp³-hybridized carbons (Fsp3) is 0.340. The summed E-state index contributed by atoms with van der Waals surface area (Å²) in [5, 5.41) is 0. The van der Waals surface area contributed by atoms with Gasteiger partial charge in [0.1, 0.15) is 36.1 Å². The Morgan fingerprint density at radius 3 is 0.847 bits per heavy atom. The highest BCUT2D eigenvalue weighted by Crippen LogP contribution is 2.31. The van der Waals surface area contributed by atoms with Gasteiger partial charge in [-0.05, 0) is 103 Å². The Balaban J connectivity index is 1.44. The van der Waals surface area contributed by atoms with Crippen molar-refractivity contribution >= 4 is 58.4 Å². The lowest BCUT2D eigenvalue weighted by molar-refractivity contribution is -0.178. The zero-order valence-electron chi connectivity index (χ0n) is 40.6. The minimum absolute atomic E-state index is 0.282. The number of carbonyl (C=O) groups is 3. The van der Waals surface area contributed by atoms with Gasteiger partial charge in [-0.2, -0.15) is 33.7 Å². The number of esters is 3. The molecule has 0 unspecified atom stereocenters. The molecule has 0 aromatic heterocycles. The van der Waals surface area contributed by atoms with E-state index >= 15 is 0 Å². The standard InChI is InChI=1S/C50H56O18S4/c1-36-13-21-41(22-14-36)69(54,55)65-32-49(6,33-66-70(56,57)42-23-15-37(2)16-24-42)46(52)63-30-48(5,45(51)62-29-40-11-9-8-10-12-40)31-64-47(53)50(7,34-67-71(58,59)43-25-17-38(3)18-26-43)35-68-72(60,61)44-27-19-39(4)20-28-44/h8-28H,29-35H2,1-7H3. The van der Waals surface area contributed by atoms with Gasteiger partial charge in [0.2, 0.25) is 0 Å². The maximum atomic E-state index is 14.3. The number of hydrogen-bond donors (Lipinski definition) is 0. The first kappa shape index (κ1) is 57.1. The van der Waals surface area contributed by atoms with Crippen LogP contribution >= 0.6 is 0 Å². The van der Waals surface area contributed by atoms with Gasteiger partial charge in [-0.1, -0.05) is 101 Å². The third-order valence-corrected chi connectivity index (χ3v) is 16.2. The van der Waals surface area contributed by atoms with E-state index in [1.54, 1.807) is 58.0 Å². The van der Waals surface area contributed by atoms with E-state index in [0.29, 0.717) is 5.56 Å². The molecule has 0 aliphatic carbocycles. The Hall–Kier alpha value is -5.85. The predicted octanol–water partition coefficient (Wildman–Crippen LogP) is 6.69. The van der Waals surface area contributed by atoms with E-state index in [1.807, 2.05) is 0 Å². The molecule has 0 saturated heterocycles. The molecular weight excluding hydrogens is 1020 g/mol. The molecule has 0 atom stereocenters. The monoisotopic (exact) mass is 1070 g/mol. The van der Waals surface area contributed by atoms with Crippen molar-refractivity contribution in [2.24, 2.45) is 16.2 Å². The van der Waals surface area contributed by atoms with Crippen LogP contribution in [0.2, 0.25) is 0 Å². The molecule has 5 rings (SSSR count). The van der Waals surface area contributed by atoms with Crippen molar-refractivity contribution in [2.75, 3.05) is 39.6 Å². The number of rotatable bonds is 25. The number of hydrogen-bond acceptors (Lipinski definition) is 18. The molecule has 5 aromatic rings. The van der Waals surface area contributed by atoms with Crippen molar-refractivity contribution in [3.05, 3.63) is 155 Å². The van der Waals surface area contributed by atoms with Crippen LogP contribution in [0.15, 0.2) is 147 Å². The van der Waals surface area contributed by atoms with Gasteiger partial charge in [0.15, 0.2) is 0 Å². The molecule has 0 saturated carbocycles. The predicted molar refractivity (Wildman–Crippen MR) is 260 cm³/mol. The van der Waals surface area contributed by atoms with E-state index in [-0.39, 0.29) is 26.2 Å². The summed E-state index contributed by atoms with van der Waals surface area (Å²) in [6.07, 6.45) is 0. The molecule has 0 heterocycles. The van der Waals surface area contributed by atoms with Crippen LogP contribution in [0.4, 0.5) is 0 Å². The number of benzene rings is 5. The second-order valence-electron chi connectivity index (χ2n) is 18.0. The third-order valence-electron chi connectivity index (χ3n) is 11.1. The van der Waals surface area contributed by atoms with Gasteiger partial charge < -0.3 is 14.2 Å². The van der Waals surface area contributed by atoms with E-state index in [2.05, 4.69) is 0 Å². The second kappa shape index (κ2) is 23.4. The summed E-state index contributed by atoms with van der Waals surface area (Å²) in [4.78, 5) is 41.5. The van der Waals surface area contributed by atoms with Gasteiger partial charge in [-0.25, -0.2) is 0 Å². The fourth-order valence-corrected chi connectivity index (χ4v) is 10.2. The summed E-state index contributed by atoms with van der Waals surface area (Å²) in [6, 6.07) is 30.6. The van der Waals surface area contributed by atoms with Crippen LogP contribution in [0.5, 0.6) is 0 Å². The Labute approximate surface area is 421 Å². The molecule has 5 aromatic carbocycles.